The highest BCUT2D eigenvalue weighted by Crippen LogP contribution is 2.32. The average Bonchev–Trinajstić information content (AvgIpc) is 2.67. The number of hydrogen-bond donors (Lipinski definition) is 0. The number of benzene rings is 1. The second kappa shape index (κ2) is 8.50. The number of aryl methyl sites for hydroxylation is 1. The third-order valence-electron chi connectivity index (χ3n) is 4.75. The van der Waals surface area contributed by atoms with Crippen molar-refractivity contribution in [2.45, 2.75) is 43.9 Å². The minimum atomic E-state index is -3.53. The molecule has 1 aliphatic heterocycles. The average molecular weight is 407 g/mol. The minimum absolute atomic E-state index is 0.106. The van der Waals surface area contributed by atoms with E-state index in [2.05, 4.69) is 4.98 Å². The number of halogens is 1. The molecule has 0 aliphatic carbocycles. The third-order valence-corrected chi connectivity index (χ3v) is 6.98. The summed E-state index contributed by atoms with van der Waals surface area (Å²) in [6.45, 7) is 2.67. The van der Waals surface area contributed by atoms with Crippen LogP contribution in [-0.4, -0.2) is 36.6 Å². The number of carbonyl (C=O) groups is 1. The highest BCUT2D eigenvalue weighted by molar-refractivity contribution is 7.89. The summed E-state index contributed by atoms with van der Waals surface area (Å²) in [4.78, 5) is 15.8. The molecule has 0 amide bonds. The zero-order valence-corrected chi connectivity index (χ0v) is 16.9. The van der Waals surface area contributed by atoms with Gasteiger partial charge >= 0.3 is 0 Å². The lowest BCUT2D eigenvalue weighted by Gasteiger charge is -2.26. The molecule has 0 radical (unpaired) electrons. The number of sulfonamides is 1. The first-order valence-corrected chi connectivity index (χ1v) is 10.9. The Morgan fingerprint density at radius 1 is 1.15 bits per heavy atom. The standard InChI is InChI=1S/C20H23ClN2O3S/c1-15(24)5-6-17-13-16(9-10-22-17)19-14-18(7-8-20(19)21)27(25,26)23-11-3-2-4-12-23/h7-10,13-14H,2-6,11-12H2,1H3. The fourth-order valence-electron chi connectivity index (χ4n) is 3.23. The molecule has 0 spiro atoms. The summed E-state index contributed by atoms with van der Waals surface area (Å²) in [6.07, 6.45) is 5.48. The largest absolute Gasteiger partial charge is 0.300 e. The van der Waals surface area contributed by atoms with Crippen LogP contribution in [0.1, 0.15) is 38.3 Å². The maximum atomic E-state index is 13.0. The topological polar surface area (TPSA) is 67.3 Å². The van der Waals surface area contributed by atoms with Gasteiger partial charge in [0.2, 0.25) is 10.0 Å². The Bertz CT molecular complexity index is 938. The molecule has 3 rings (SSSR count). The summed E-state index contributed by atoms with van der Waals surface area (Å²) in [5, 5.41) is 0.483. The van der Waals surface area contributed by atoms with Crippen molar-refractivity contribution in [1.29, 1.82) is 0 Å². The monoisotopic (exact) mass is 406 g/mol. The summed E-state index contributed by atoms with van der Waals surface area (Å²) in [5.74, 6) is 0.106. The van der Waals surface area contributed by atoms with E-state index in [0.29, 0.717) is 36.5 Å². The van der Waals surface area contributed by atoms with Crippen molar-refractivity contribution in [1.82, 2.24) is 9.29 Å². The van der Waals surface area contributed by atoms with Crippen LogP contribution in [0, 0.1) is 0 Å². The van der Waals surface area contributed by atoms with Gasteiger partial charge in [-0.1, -0.05) is 18.0 Å². The number of rotatable bonds is 6. The van der Waals surface area contributed by atoms with E-state index in [1.807, 2.05) is 6.07 Å². The Hall–Kier alpha value is -1.76. The molecule has 1 aliphatic rings. The SMILES string of the molecule is CC(=O)CCc1cc(-c2cc(S(=O)(=O)N3CCCCC3)ccc2Cl)ccn1. The van der Waals surface area contributed by atoms with Crippen LogP contribution < -0.4 is 0 Å². The molecule has 2 heterocycles. The molecule has 0 atom stereocenters. The predicted octanol–water partition coefficient (Wildman–Crippen LogP) is 4.10. The zero-order chi connectivity index (χ0) is 19.4. The lowest BCUT2D eigenvalue weighted by Crippen LogP contribution is -2.35. The molecular weight excluding hydrogens is 384 g/mol. The Balaban J connectivity index is 1.94. The Morgan fingerprint density at radius 2 is 1.89 bits per heavy atom. The Kier molecular flexibility index (Phi) is 6.29. The first-order valence-electron chi connectivity index (χ1n) is 9.12. The van der Waals surface area contributed by atoms with Crippen LogP contribution in [0.2, 0.25) is 5.02 Å². The van der Waals surface area contributed by atoms with Gasteiger partial charge in [0.25, 0.3) is 0 Å². The number of aromatic nitrogens is 1. The van der Waals surface area contributed by atoms with Gasteiger partial charge in [0.1, 0.15) is 5.78 Å². The van der Waals surface area contributed by atoms with Crippen LogP contribution in [-0.2, 0) is 21.2 Å². The second-order valence-electron chi connectivity index (χ2n) is 6.84. The van der Waals surface area contributed by atoms with Crippen LogP contribution in [0.5, 0.6) is 0 Å². The smallest absolute Gasteiger partial charge is 0.243 e. The van der Waals surface area contributed by atoms with E-state index >= 15 is 0 Å². The lowest BCUT2D eigenvalue weighted by atomic mass is 10.0. The minimum Gasteiger partial charge on any atom is -0.300 e. The van der Waals surface area contributed by atoms with Crippen molar-refractivity contribution in [3.63, 3.8) is 0 Å². The van der Waals surface area contributed by atoms with Crippen LogP contribution in [0.25, 0.3) is 11.1 Å². The van der Waals surface area contributed by atoms with Gasteiger partial charge in [-0.05, 0) is 62.1 Å². The van der Waals surface area contributed by atoms with Crippen molar-refractivity contribution in [2.24, 2.45) is 0 Å². The van der Waals surface area contributed by atoms with Gasteiger partial charge in [0.15, 0.2) is 0 Å². The van der Waals surface area contributed by atoms with Crippen LogP contribution in [0.4, 0.5) is 0 Å². The fraction of sp³-hybridized carbons (Fsp3) is 0.400. The van der Waals surface area contributed by atoms with Gasteiger partial charge in [-0.15, -0.1) is 0 Å². The molecule has 1 saturated heterocycles. The van der Waals surface area contributed by atoms with Crippen molar-refractivity contribution in [3.8, 4) is 11.1 Å². The summed E-state index contributed by atoms with van der Waals surface area (Å²) < 4.78 is 27.5. The van der Waals surface area contributed by atoms with Gasteiger partial charge in [-0.3, -0.25) is 4.98 Å². The van der Waals surface area contributed by atoms with E-state index in [9.17, 15) is 13.2 Å². The lowest BCUT2D eigenvalue weighted by molar-refractivity contribution is -0.117. The van der Waals surface area contributed by atoms with E-state index in [4.69, 9.17) is 11.6 Å². The molecule has 7 heteroatoms. The van der Waals surface area contributed by atoms with Crippen molar-refractivity contribution in [3.05, 3.63) is 47.2 Å². The van der Waals surface area contributed by atoms with Crippen molar-refractivity contribution in [2.75, 3.05) is 13.1 Å². The Labute approximate surface area is 165 Å². The highest BCUT2D eigenvalue weighted by Gasteiger charge is 2.26. The molecule has 0 bridgehead atoms. The van der Waals surface area contributed by atoms with E-state index < -0.39 is 10.0 Å². The molecule has 1 fully saturated rings. The Morgan fingerprint density at radius 3 is 2.59 bits per heavy atom. The molecule has 2 aromatic rings. The number of Topliss-reactive ketones (excluding diaryl/α,β-unsaturated/α-hetero) is 1. The second-order valence-corrected chi connectivity index (χ2v) is 9.19. The number of piperidine rings is 1. The third kappa shape index (κ3) is 4.75. The molecule has 1 aromatic heterocycles. The molecular formula is C20H23ClN2O3S. The summed E-state index contributed by atoms with van der Waals surface area (Å²) in [7, 11) is -3.53. The molecule has 0 saturated carbocycles. The van der Waals surface area contributed by atoms with Crippen molar-refractivity contribution < 1.29 is 13.2 Å². The summed E-state index contributed by atoms with van der Waals surface area (Å²) in [6, 6.07) is 8.49. The molecule has 27 heavy (non-hydrogen) atoms. The van der Waals surface area contributed by atoms with E-state index in [1.54, 1.807) is 41.7 Å². The van der Waals surface area contributed by atoms with E-state index in [1.165, 1.54) is 0 Å². The highest BCUT2D eigenvalue weighted by atomic mass is 35.5. The van der Waals surface area contributed by atoms with E-state index in [0.717, 1.165) is 30.5 Å². The van der Waals surface area contributed by atoms with Crippen molar-refractivity contribution >= 4 is 27.4 Å². The predicted molar refractivity (Wildman–Crippen MR) is 106 cm³/mol. The summed E-state index contributed by atoms with van der Waals surface area (Å²) >= 11 is 6.36. The molecule has 0 N–H and O–H groups in total. The van der Waals surface area contributed by atoms with Gasteiger partial charge in [-0.25, -0.2) is 8.42 Å². The first-order chi connectivity index (χ1) is 12.9. The molecule has 1 aromatic carbocycles. The maximum absolute atomic E-state index is 13.0. The van der Waals surface area contributed by atoms with Gasteiger partial charge in [0.05, 0.1) is 4.90 Å². The fourth-order valence-corrected chi connectivity index (χ4v) is 5.00. The van der Waals surface area contributed by atoms with E-state index in [-0.39, 0.29) is 10.7 Å². The quantitative estimate of drug-likeness (QED) is 0.724. The van der Waals surface area contributed by atoms with Crippen LogP contribution >= 0.6 is 11.6 Å². The number of ketones is 1. The molecule has 0 unspecified atom stereocenters. The normalized spacial score (nSPS) is 15.6. The van der Waals surface area contributed by atoms with Crippen LogP contribution in [0.3, 0.4) is 0 Å². The van der Waals surface area contributed by atoms with Gasteiger partial charge in [0, 0.05) is 42.0 Å². The molecule has 5 nitrogen and oxygen atoms in total. The number of pyridine rings is 1. The zero-order valence-electron chi connectivity index (χ0n) is 15.3. The number of carbonyl (C=O) groups excluding carboxylic acids is 1. The number of hydrogen-bond acceptors (Lipinski definition) is 4. The van der Waals surface area contributed by atoms with Gasteiger partial charge in [-0.2, -0.15) is 4.31 Å². The first kappa shape index (κ1) is 20.0. The molecule has 144 valence electrons. The number of nitrogens with zero attached hydrogens (tertiary/aromatic N) is 2. The van der Waals surface area contributed by atoms with Gasteiger partial charge < -0.3 is 4.79 Å². The summed E-state index contributed by atoms with van der Waals surface area (Å²) in [5.41, 5.74) is 2.23. The van der Waals surface area contributed by atoms with Crippen LogP contribution in [0.15, 0.2) is 41.4 Å². The maximum Gasteiger partial charge on any atom is 0.243 e.